The third-order valence-electron chi connectivity index (χ3n) is 2.67. The van der Waals surface area contributed by atoms with E-state index in [9.17, 15) is 0 Å². The van der Waals surface area contributed by atoms with Crippen LogP contribution in [0.15, 0.2) is 22.7 Å². The minimum absolute atomic E-state index is 0.121. The van der Waals surface area contributed by atoms with Gasteiger partial charge in [-0.2, -0.15) is 0 Å². The van der Waals surface area contributed by atoms with Crippen LogP contribution >= 0.6 is 27.5 Å². The summed E-state index contributed by atoms with van der Waals surface area (Å²) in [7, 11) is 0. The van der Waals surface area contributed by atoms with Crippen molar-refractivity contribution in [2.24, 2.45) is 11.7 Å². The van der Waals surface area contributed by atoms with Crippen LogP contribution in [0.25, 0.3) is 0 Å². The lowest BCUT2D eigenvalue weighted by Crippen LogP contribution is -2.11. The molecule has 0 aliphatic heterocycles. The fourth-order valence-corrected chi connectivity index (χ4v) is 2.39. The highest BCUT2D eigenvalue weighted by Gasteiger charge is 2.25. The quantitative estimate of drug-likeness (QED) is 0.889. The summed E-state index contributed by atoms with van der Waals surface area (Å²) < 4.78 is 0.954. The number of nitrogens with two attached hydrogens (primary N) is 1. The first kappa shape index (κ1) is 10.5. The molecular weight excluding hydrogens is 261 g/mol. The SMILES string of the molecule is N[C@@H](CC1CC1)c1cccc(Cl)c1Br. The molecule has 0 heterocycles. The predicted octanol–water partition coefficient (Wildman–Crippen LogP) is 3.90. The van der Waals surface area contributed by atoms with Gasteiger partial charge < -0.3 is 5.73 Å². The lowest BCUT2D eigenvalue weighted by atomic mass is 10.0. The molecule has 76 valence electrons. The van der Waals surface area contributed by atoms with Gasteiger partial charge in [-0.15, -0.1) is 0 Å². The van der Waals surface area contributed by atoms with Gasteiger partial charge in [0.2, 0.25) is 0 Å². The molecule has 1 saturated carbocycles. The van der Waals surface area contributed by atoms with E-state index in [1.165, 1.54) is 12.8 Å². The van der Waals surface area contributed by atoms with E-state index in [0.29, 0.717) is 0 Å². The fraction of sp³-hybridized carbons (Fsp3) is 0.455. The zero-order valence-corrected chi connectivity index (χ0v) is 10.2. The Balaban J connectivity index is 2.16. The third kappa shape index (κ3) is 2.30. The van der Waals surface area contributed by atoms with Crippen molar-refractivity contribution in [3.05, 3.63) is 33.3 Å². The Labute approximate surface area is 97.8 Å². The van der Waals surface area contributed by atoms with Crippen molar-refractivity contribution >= 4 is 27.5 Å². The van der Waals surface area contributed by atoms with Gasteiger partial charge in [0, 0.05) is 10.5 Å². The van der Waals surface area contributed by atoms with Crippen LogP contribution in [0.1, 0.15) is 30.9 Å². The van der Waals surface area contributed by atoms with Crippen LogP contribution < -0.4 is 5.73 Å². The Kier molecular flexibility index (Phi) is 3.15. The van der Waals surface area contributed by atoms with E-state index in [4.69, 9.17) is 17.3 Å². The third-order valence-corrected chi connectivity index (χ3v) is 4.09. The van der Waals surface area contributed by atoms with Crippen LogP contribution in [-0.4, -0.2) is 0 Å². The summed E-state index contributed by atoms with van der Waals surface area (Å²) in [6, 6.07) is 5.99. The predicted molar refractivity (Wildman–Crippen MR) is 63.4 cm³/mol. The summed E-state index contributed by atoms with van der Waals surface area (Å²) in [6.45, 7) is 0. The second-order valence-electron chi connectivity index (χ2n) is 3.93. The number of hydrogen-bond donors (Lipinski definition) is 1. The van der Waals surface area contributed by atoms with Crippen LogP contribution in [0.3, 0.4) is 0 Å². The summed E-state index contributed by atoms with van der Waals surface area (Å²) in [5, 5.41) is 0.744. The molecule has 0 radical (unpaired) electrons. The van der Waals surface area contributed by atoms with Crippen molar-refractivity contribution in [3.63, 3.8) is 0 Å². The first-order valence-corrected chi connectivity index (χ1v) is 6.05. The minimum Gasteiger partial charge on any atom is -0.324 e. The van der Waals surface area contributed by atoms with Gasteiger partial charge in [0.25, 0.3) is 0 Å². The van der Waals surface area contributed by atoms with Crippen LogP contribution in [0, 0.1) is 5.92 Å². The lowest BCUT2D eigenvalue weighted by Gasteiger charge is -2.13. The van der Waals surface area contributed by atoms with Gasteiger partial charge in [-0.3, -0.25) is 0 Å². The molecule has 1 aromatic rings. The van der Waals surface area contributed by atoms with E-state index in [0.717, 1.165) is 27.4 Å². The molecule has 2 rings (SSSR count). The summed E-state index contributed by atoms with van der Waals surface area (Å²) in [5.74, 6) is 0.843. The molecule has 0 aromatic heterocycles. The van der Waals surface area contributed by atoms with E-state index in [-0.39, 0.29) is 6.04 Å². The average molecular weight is 275 g/mol. The minimum atomic E-state index is 0.121. The Morgan fingerprint density at radius 1 is 1.50 bits per heavy atom. The van der Waals surface area contributed by atoms with Crippen molar-refractivity contribution in [2.75, 3.05) is 0 Å². The zero-order valence-electron chi connectivity index (χ0n) is 7.84. The van der Waals surface area contributed by atoms with Gasteiger partial charge in [0.1, 0.15) is 0 Å². The molecule has 0 unspecified atom stereocenters. The second-order valence-corrected chi connectivity index (χ2v) is 5.13. The van der Waals surface area contributed by atoms with Gasteiger partial charge in [-0.1, -0.05) is 36.6 Å². The van der Waals surface area contributed by atoms with Crippen molar-refractivity contribution < 1.29 is 0 Å². The van der Waals surface area contributed by atoms with E-state index in [1.54, 1.807) is 0 Å². The molecule has 14 heavy (non-hydrogen) atoms. The Bertz CT molecular complexity index is 336. The molecule has 0 amide bonds. The largest absolute Gasteiger partial charge is 0.324 e. The van der Waals surface area contributed by atoms with Crippen molar-refractivity contribution in [2.45, 2.75) is 25.3 Å². The molecule has 0 saturated heterocycles. The van der Waals surface area contributed by atoms with E-state index >= 15 is 0 Å². The molecule has 1 aromatic carbocycles. The zero-order chi connectivity index (χ0) is 10.1. The maximum Gasteiger partial charge on any atom is 0.0551 e. The average Bonchev–Trinajstić information content (AvgIpc) is 2.93. The number of benzene rings is 1. The second kappa shape index (κ2) is 4.21. The molecule has 1 nitrogen and oxygen atoms in total. The molecule has 0 bridgehead atoms. The van der Waals surface area contributed by atoms with E-state index in [2.05, 4.69) is 15.9 Å². The van der Waals surface area contributed by atoms with Gasteiger partial charge in [-0.05, 0) is 39.9 Å². The number of halogens is 2. The Morgan fingerprint density at radius 3 is 2.86 bits per heavy atom. The van der Waals surface area contributed by atoms with Crippen LogP contribution in [0.5, 0.6) is 0 Å². The normalized spacial score (nSPS) is 18.2. The van der Waals surface area contributed by atoms with Crippen molar-refractivity contribution in [1.82, 2.24) is 0 Å². The molecule has 1 aliphatic carbocycles. The topological polar surface area (TPSA) is 26.0 Å². The lowest BCUT2D eigenvalue weighted by molar-refractivity contribution is 0.595. The van der Waals surface area contributed by atoms with Gasteiger partial charge in [0.05, 0.1) is 5.02 Å². The number of hydrogen-bond acceptors (Lipinski definition) is 1. The molecular formula is C11H13BrClN. The molecule has 1 fully saturated rings. The summed E-state index contributed by atoms with van der Waals surface area (Å²) in [4.78, 5) is 0. The van der Waals surface area contributed by atoms with Crippen LogP contribution in [-0.2, 0) is 0 Å². The summed E-state index contributed by atoms with van der Waals surface area (Å²) in [5.41, 5.74) is 7.25. The number of rotatable bonds is 3. The highest BCUT2D eigenvalue weighted by atomic mass is 79.9. The molecule has 0 spiro atoms. The van der Waals surface area contributed by atoms with Gasteiger partial charge in [-0.25, -0.2) is 0 Å². The molecule has 3 heteroatoms. The standard InChI is InChI=1S/C11H13BrClN/c12-11-8(2-1-3-9(11)13)10(14)6-7-4-5-7/h1-3,7,10H,4-6,14H2/t10-/m0/s1. The van der Waals surface area contributed by atoms with Crippen LogP contribution in [0.2, 0.25) is 5.02 Å². The van der Waals surface area contributed by atoms with Gasteiger partial charge in [0.15, 0.2) is 0 Å². The fourth-order valence-electron chi connectivity index (χ4n) is 1.65. The van der Waals surface area contributed by atoms with Crippen molar-refractivity contribution in [3.8, 4) is 0 Å². The Hall–Kier alpha value is -0.0500. The van der Waals surface area contributed by atoms with E-state index in [1.807, 2.05) is 18.2 Å². The maximum atomic E-state index is 6.12. The van der Waals surface area contributed by atoms with E-state index < -0.39 is 0 Å². The smallest absolute Gasteiger partial charge is 0.0551 e. The monoisotopic (exact) mass is 273 g/mol. The first-order valence-electron chi connectivity index (χ1n) is 4.88. The van der Waals surface area contributed by atoms with Crippen molar-refractivity contribution in [1.29, 1.82) is 0 Å². The van der Waals surface area contributed by atoms with Crippen LogP contribution in [0.4, 0.5) is 0 Å². The molecule has 1 aliphatic rings. The summed E-state index contributed by atoms with van der Waals surface area (Å²) >= 11 is 9.49. The highest BCUT2D eigenvalue weighted by molar-refractivity contribution is 9.10. The Morgan fingerprint density at radius 2 is 2.21 bits per heavy atom. The first-order chi connectivity index (χ1) is 6.68. The van der Waals surface area contributed by atoms with Gasteiger partial charge >= 0.3 is 0 Å². The highest BCUT2D eigenvalue weighted by Crippen LogP contribution is 2.39. The summed E-state index contributed by atoms with van der Waals surface area (Å²) in [6.07, 6.45) is 3.76. The molecule has 2 N–H and O–H groups in total. The maximum absolute atomic E-state index is 6.12. The molecule has 1 atom stereocenters.